The van der Waals surface area contributed by atoms with Crippen LogP contribution in [0, 0.1) is 5.82 Å². The predicted octanol–water partition coefficient (Wildman–Crippen LogP) is 1.82. The highest BCUT2D eigenvalue weighted by atomic mass is 19.1. The molecule has 2 unspecified atom stereocenters. The first kappa shape index (κ1) is 11.6. The molecule has 88 valence electrons. The van der Waals surface area contributed by atoms with Crippen LogP contribution < -0.4 is 0 Å². The average Bonchev–Trinajstić information content (AvgIpc) is 2.40. The van der Waals surface area contributed by atoms with E-state index < -0.39 is 5.60 Å². The first-order chi connectivity index (χ1) is 7.48. The van der Waals surface area contributed by atoms with Gasteiger partial charge in [0.25, 0.3) is 0 Å². The molecule has 1 aliphatic heterocycles. The highest BCUT2D eigenvalue weighted by Crippen LogP contribution is 2.29. The molecule has 2 rings (SSSR count). The van der Waals surface area contributed by atoms with Crippen molar-refractivity contribution in [2.45, 2.75) is 31.4 Å². The Morgan fingerprint density at radius 2 is 2.31 bits per heavy atom. The summed E-state index contributed by atoms with van der Waals surface area (Å²) in [4.78, 5) is 2.14. The number of aliphatic hydroxyl groups is 1. The van der Waals surface area contributed by atoms with Crippen LogP contribution in [0.2, 0.25) is 0 Å². The van der Waals surface area contributed by atoms with E-state index in [2.05, 4.69) is 11.8 Å². The highest BCUT2D eigenvalue weighted by molar-refractivity contribution is 5.19. The maximum Gasteiger partial charge on any atom is 0.123 e. The largest absolute Gasteiger partial charge is 0.388 e. The van der Waals surface area contributed by atoms with Gasteiger partial charge < -0.3 is 10.0 Å². The molecule has 0 saturated carbocycles. The molecule has 1 aliphatic rings. The second-order valence-corrected chi connectivity index (χ2v) is 5.00. The molecule has 0 amide bonds. The maximum atomic E-state index is 13.0. The fourth-order valence-electron chi connectivity index (χ4n) is 2.55. The van der Waals surface area contributed by atoms with Crippen molar-refractivity contribution >= 4 is 0 Å². The molecule has 0 bridgehead atoms. The molecular formula is C13H18FNO. The molecule has 1 fully saturated rings. The van der Waals surface area contributed by atoms with Gasteiger partial charge in [0, 0.05) is 19.0 Å². The van der Waals surface area contributed by atoms with Crippen molar-refractivity contribution < 1.29 is 9.50 Å². The summed E-state index contributed by atoms with van der Waals surface area (Å²) >= 11 is 0. The first-order valence-electron chi connectivity index (χ1n) is 5.66. The van der Waals surface area contributed by atoms with Crippen LogP contribution in [0.3, 0.4) is 0 Å². The molecule has 0 aliphatic carbocycles. The SMILES string of the molecule is CC1CC(O)(Cc2cccc(F)c2)CN1C. The molecule has 1 aromatic carbocycles. The Labute approximate surface area is 95.7 Å². The van der Waals surface area contributed by atoms with Crippen molar-refractivity contribution in [1.82, 2.24) is 4.90 Å². The number of hydrogen-bond donors (Lipinski definition) is 1. The van der Waals surface area contributed by atoms with Crippen molar-refractivity contribution in [3.05, 3.63) is 35.6 Å². The summed E-state index contributed by atoms with van der Waals surface area (Å²) in [5.41, 5.74) is 0.159. The van der Waals surface area contributed by atoms with Gasteiger partial charge in [-0.25, -0.2) is 4.39 Å². The Morgan fingerprint density at radius 1 is 1.56 bits per heavy atom. The lowest BCUT2D eigenvalue weighted by Gasteiger charge is -2.22. The van der Waals surface area contributed by atoms with Crippen molar-refractivity contribution in [3.63, 3.8) is 0 Å². The van der Waals surface area contributed by atoms with Gasteiger partial charge in [-0.15, -0.1) is 0 Å². The van der Waals surface area contributed by atoms with Crippen LogP contribution in [-0.2, 0) is 6.42 Å². The zero-order chi connectivity index (χ0) is 11.8. The van der Waals surface area contributed by atoms with E-state index in [0.717, 1.165) is 12.0 Å². The topological polar surface area (TPSA) is 23.5 Å². The molecule has 1 saturated heterocycles. The lowest BCUT2D eigenvalue weighted by atomic mass is 9.92. The summed E-state index contributed by atoms with van der Waals surface area (Å²) in [5.74, 6) is -0.236. The minimum Gasteiger partial charge on any atom is -0.388 e. The monoisotopic (exact) mass is 223 g/mol. The molecule has 16 heavy (non-hydrogen) atoms. The number of likely N-dealkylation sites (tertiary alicyclic amines) is 1. The van der Waals surface area contributed by atoms with Gasteiger partial charge in [-0.2, -0.15) is 0 Å². The van der Waals surface area contributed by atoms with Crippen molar-refractivity contribution in [3.8, 4) is 0 Å². The van der Waals surface area contributed by atoms with Gasteiger partial charge in [0.05, 0.1) is 5.60 Å². The van der Waals surface area contributed by atoms with E-state index in [4.69, 9.17) is 0 Å². The van der Waals surface area contributed by atoms with Crippen molar-refractivity contribution in [1.29, 1.82) is 0 Å². The molecule has 0 radical (unpaired) electrons. The van der Waals surface area contributed by atoms with E-state index >= 15 is 0 Å². The fraction of sp³-hybridized carbons (Fsp3) is 0.538. The number of rotatable bonds is 2. The highest BCUT2D eigenvalue weighted by Gasteiger charge is 2.38. The third kappa shape index (κ3) is 2.42. The smallest absolute Gasteiger partial charge is 0.123 e. The number of hydrogen-bond acceptors (Lipinski definition) is 2. The first-order valence-corrected chi connectivity index (χ1v) is 5.66. The molecular weight excluding hydrogens is 205 g/mol. The molecule has 0 aromatic heterocycles. The number of likely N-dealkylation sites (N-methyl/N-ethyl adjacent to an activating group) is 1. The molecule has 2 nitrogen and oxygen atoms in total. The quantitative estimate of drug-likeness (QED) is 0.826. The lowest BCUT2D eigenvalue weighted by molar-refractivity contribution is 0.0520. The van der Waals surface area contributed by atoms with Gasteiger partial charge in [-0.05, 0) is 38.1 Å². The van der Waals surface area contributed by atoms with Crippen LogP contribution >= 0.6 is 0 Å². The van der Waals surface area contributed by atoms with Crippen LogP contribution in [-0.4, -0.2) is 35.2 Å². The zero-order valence-corrected chi connectivity index (χ0v) is 9.78. The van der Waals surface area contributed by atoms with Gasteiger partial charge in [-0.3, -0.25) is 0 Å². The average molecular weight is 223 g/mol. The second-order valence-electron chi connectivity index (χ2n) is 5.00. The minimum absolute atomic E-state index is 0.236. The van der Waals surface area contributed by atoms with Gasteiger partial charge >= 0.3 is 0 Å². The van der Waals surface area contributed by atoms with Gasteiger partial charge in [0.2, 0.25) is 0 Å². The fourth-order valence-corrected chi connectivity index (χ4v) is 2.55. The second kappa shape index (κ2) is 4.15. The number of benzene rings is 1. The molecule has 3 heteroatoms. The molecule has 2 atom stereocenters. The Bertz CT molecular complexity index is 370. The Morgan fingerprint density at radius 3 is 2.88 bits per heavy atom. The minimum atomic E-state index is -0.706. The molecule has 1 aromatic rings. The third-order valence-electron chi connectivity index (χ3n) is 3.39. The third-order valence-corrected chi connectivity index (χ3v) is 3.39. The molecule has 1 heterocycles. The van der Waals surface area contributed by atoms with Crippen LogP contribution in [0.25, 0.3) is 0 Å². The summed E-state index contributed by atoms with van der Waals surface area (Å²) in [6, 6.07) is 6.87. The summed E-state index contributed by atoms with van der Waals surface area (Å²) in [5, 5.41) is 10.4. The molecule has 1 N–H and O–H groups in total. The van der Waals surface area contributed by atoms with Crippen LogP contribution in [0.5, 0.6) is 0 Å². The zero-order valence-electron chi connectivity index (χ0n) is 9.78. The predicted molar refractivity (Wildman–Crippen MR) is 61.8 cm³/mol. The summed E-state index contributed by atoms with van der Waals surface area (Å²) in [6.07, 6.45) is 1.28. The standard InChI is InChI=1S/C13H18FNO/c1-10-7-13(16,9-15(10)2)8-11-4-3-5-12(14)6-11/h3-6,10,16H,7-9H2,1-2H3. The van der Waals surface area contributed by atoms with Crippen molar-refractivity contribution in [2.24, 2.45) is 0 Å². The molecule has 0 spiro atoms. The summed E-state index contributed by atoms with van der Waals surface area (Å²) < 4.78 is 13.0. The van der Waals surface area contributed by atoms with E-state index in [9.17, 15) is 9.50 Å². The van der Waals surface area contributed by atoms with E-state index in [-0.39, 0.29) is 5.82 Å². The van der Waals surface area contributed by atoms with Crippen LogP contribution in [0.15, 0.2) is 24.3 Å². The Kier molecular flexibility index (Phi) is 3.00. The van der Waals surface area contributed by atoms with Crippen molar-refractivity contribution in [2.75, 3.05) is 13.6 Å². The van der Waals surface area contributed by atoms with E-state index in [0.29, 0.717) is 19.0 Å². The summed E-state index contributed by atoms with van der Waals surface area (Å²) in [7, 11) is 2.01. The maximum absolute atomic E-state index is 13.0. The van der Waals surface area contributed by atoms with Crippen LogP contribution in [0.4, 0.5) is 4.39 Å². The van der Waals surface area contributed by atoms with E-state index in [1.165, 1.54) is 12.1 Å². The van der Waals surface area contributed by atoms with Gasteiger partial charge in [0.15, 0.2) is 0 Å². The van der Waals surface area contributed by atoms with Crippen LogP contribution in [0.1, 0.15) is 18.9 Å². The Balaban J connectivity index is 2.10. The van der Waals surface area contributed by atoms with Gasteiger partial charge in [-0.1, -0.05) is 12.1 Å². The normalized spacial score (nSPS) is 30.9. The number of β-amino-alcohol motifs (C(OH)–C–C–N with tert-alkyl or cyclic N) is 1. The Hall–Kier alpha value is -0.930. The summed E-state index contributed by atoms with van der Waals surface area (Å²) in [6.45, 7) is 2.76. The van der Waals surface area contributed by atoms with Gasteiger partial charge in [0.1, 0.15) is 5.82 Å². The lowest BCUT2D eigenvalue weighted by Crippen LogP contribution is -2.34. The number of nitrogens with zero attached hydrogens (tertiary/aromatic N) is 1. The van der Waals surface area contributed by atoms with E-state index in [1.807, 2.05) is 13.1 Å². The number of halogens is 1. The van der Waals surface area contributed by atoms with E-state index in [1.54, 1.807) is 6.07 Å².